The van der Waals surface area contributed by atoms with Crippen LogP contribution in [0.15, 0.2) is 28.7 Å². The van der Waals surface area contributed by atoms with Gasteiger partial charge in [0.2, 0.25) is 0 Å². The lowest BCUT2D eigenvalue weighted by Crippen LogP contribution is -2.37. The van der Waals surface area contributed by atoms with Crippen LogP contribution in [-0.2, 0) is 4.79 Å². The van der Waals surface area contributed by atoms with E-state index in [0.717, 1.165) is 29.4 Å². The molecule has 0 saturated carbocycles. The first-order chi connectivity index (χ1) is 8.11. The van der Waals surface area contributed by atoms with Gasteiger partial charge in [-0.1, -0.05) is 34.1 Å². The Labute approximate surface area is 110 Å². The Morgan fingerprint density at radius 1 is 1.53 bits per heavy atom. The molecule has 17 heavy (non-hydrogen) atoms. The highest BCUT2D eigenvalue weighted by atomic mass is 79.9. The standard InChI is InChI=1S/C13H16BrNO2/c1-9(10-5-2-3-6-11(10)14)15-8-4-7-12(15)13(16)17/h2-3,5-6,9,12H,4,7-8H2,1H3,(H,16,17). The van der Waals surface area contributed by atoms with Gasteiger partial charge in [0.15, 0.2) is 0 Å². The molecule has 0 radical (unpaired) electrons. The SMILES string of the molecule is CC(c1ccccc1Br)N1CCCC1C(=O)O. The van der Waals surface area contributed by atoms with Gasteiger partial charge in [-0.25, -0.2) is 0 Å². The van der Waals surface area contributed by atoms with Crippen LogP contribution in [0.1, 0.15) is 31.4 Å². The van der Waals surface area contributed by atoms with Crippen molar-refractivity contribution in [1.82, 2.24) is 4.90 Å². The van der Waals surface area contributed by atoms with Gasteiger partial charge in [0, 0.05) is 10.5 Å². The van der Waals surface area contributed by atoms with Gasteiger partial charge >= 0.3 is 5.97 Å². The van der Waals surface area contributed by atoms with E-state index < -0.39 is 5.97 Å². The summed E-state index contributed by atoms with van der Waals surface area (Å²) < 4.78 is 1.04. The van der Waals surface area contributed by atoms with E-state index in [1.807, 2.05) is 24.3 Å². The van der Waals surface area contributed by atoms with Crippen LogP contribution in [-0.4, -0.2) is 28.6 Å². The first-order valence-electron chi connectivity index (χ1n) is 5.84. The molecule has 1 N–H and O–H groups in total. The molecule has 2 unspecified atom stereocenters. The normalized spacial score (nSPS) is 22.6. The zero-order chi connectivity index (χ0) is 12.4. The summed E-state index contributed by atoms with van der Waals surface area (Å²) in [6.45, 7) is 2.93. The molecule has 4 heteroatoms. The molecule has 1 aromatic rings. The van der Waals surface area contributed by atoms with E-state index in [1.54, 1.807) is 0 Å². The second kappa shape index (κ2) is 5.19. The van der Waals surface area contributed by atoms with Gasteiger partial charge in [-0.3, -0.25) is 9.69 Å². The van der Waals surface area contributed by atoms with Crippen LogP contribution in [0.4, 0.5) is 0 Å². The zero-order valence-electron chi connectivity index (χ0n) is 9.77. The molecule has 0 amide bonds. The monoisotopic (exact) mass is 297 g/mol. The predicted octanol–water partition coefficient (Wildman–Crippen LogP) is 3.06. The van der Waals surface area contributed by atoms with Crippen LogP contribution in [0, 0.1) is 0 Å². The summed E-state index contributed by atoms with van der Waals surface area (Å²) in [6.07, 6.45) is 1.72. The molecule has 1 saturated heterocycles. The average Bonchev–Trinajstić information content (AvgIpc) is 2.77. The summed E-state index contributed by atoms with van der Waals surface area (Å²) in [7, 11) is 0. The second-order valence-electron chi connectivity index (χ2n) is 4.43. The van der Waals surface area contributed by atoms with Crippen LogP contribution in [0.2, 0.25) is 0 Å². The molecular formula is C13H16BrNO2. The summed E-state index contributed by atoms with van der Waals surface area (Å²) in [5.41, 5.74) is 1.15. The molecule has 1 aliphatic heterocycles. The fourth-order valence-electron chi connectivity index (χ4n) is 2.51. The number of rotatable bonds is 3. The highest BCUT2D eigenvalue weighted by Gasteiger charge is 2.34. The second-order valence-corrected chi connectivity index (χ2v) is 5.29. The quantitative estimate of drug-likeness (QED) is 0.932. The first-order valence-corrected chi connectivity index (χ1v) is 6.63. The van der Waals surface area contributed by atoms with E-state index in [9.17, 15) is 9.90 Å². The average molecular weight is 298 g/mol. The van der Waals surface area contributed by atoms with Gasteiger partial charge in [-0.2, -0.15) is 0 Å². The van der Waals surface area contributed by atoms with Crippen molar-refractivity contribution in [3.63, 3.8) is 0 Å². The minimum atomic E-state index is -0.707. The van der Waals surface area contributed by atoms with Crippen molar-refractivity contribution in [2.45, 2.75) is 31.8 Å². The van der Waals surface area contributed by atoms with E-state index in [-0.39, 0.29) is 12.1 Å². The Morgan fingerprint density at radius 2 is 2.24 bits per heavy atom. The number of carbonyl (C=O) groups is 1. The number of hydrogen-bond acceptors (Lipinski definition) is 2. The molecule has 0 bridgehead atoms. The smallest absolute Gasteiger partial charge is 0.320 e. The molecule has 1 heterocycles. The van der Waals surface area contributed by atoms with Gasteiger partial charge in [0.25, 0.3) is 0 Å². The predicted molar refractivity (Wildman–Crippen MR) is 69.9 cm³/mol. The molecule has 0 aliphatic carbocycles. The molecule has 2 atom stereocenters. The lowest BCUT2D eigenvalue weighted by molar-refractivity contribution is -0.142. The number of carboxylic acid groups (broad SMARTS) is 1. The maximum Gasteiger partial charge on any atom is 0.320 e. The molecule has 0 aromatic heterocycles. The molecule has 2 rings (SSSR count). The summed E-state index contributed by atoms with van der Waals surface area (Å²) >= 11 is 3.53. The van der Waals surface area contributed by atoms with Crippen LogP contribution in [0.25, 0.3) is 0 Å². The minimum absolute atomic E-state index is 0.133. The maximum atomic E-state index is 11.2. The highest BCUT2D eigenvalue weighted by molar-refractivity contribution is 9.10. The molecule has 92 valence electrons. The Kier molecular flexibility index (Phi) is 3.84. The van der Waals surface area contributed by atoms with Crippen molar-refractivity contribution >= 4 is 21.9 Å². The third-order valence-electron chi connectivity index (χ3n) is 3.43. The Bertz CT molecular complexity index is 422. The van der Waals surface area contributed by atoms with E-state index >= 15 is 0 Å². The van der Waals surface area contributed by atoms with Crippen LogP contribution in [0.5, 0.6) is 0 Å². The molecule has 0 spiro atoms. The summed E-state index contributed by atoms with van der Waals surface area (Å²) in [5.74, 6) is -0.707. The lowest BCUT2D eigenvalue weighted by atomic mass is 10.1. The van der Waals surface area contributed by atoms with Crippen molar-refractivity contribution in [2.24, 2.45) is 0 Å². The fourth-order valence-corrected chi connectivity index (χ4v) is 3.13. The largest absolute Gasteiger partial charge is 0.480 e. The van der Waals surface area contributed by atoms with Gasteiger partial charge in [-0.05, 0) is 37.9 Å². The van der Waals surface area contributed by atoms with Gasteiger partial charge in [0.1, 0.15) is 6.04 Å². The number of hydrogen-bond donors (Lipinski definition) is 1. The van der Waals surface area contributed by atoms with Crippen molar-refractivity contribution < 1.29 is 9.90 Å². The number of nitrogens with zero attached hydrogens (tertiary/aromatic N) is 1. The van der Waals surface area contributed by atoms with E-state index in [1.165, 1.54) is 0 Å². The van der Waals surface area contributed by atoms with E-state index in [0.29, 0.717) is 0 Å². The molecule has 3 nitrogen and oxygen atoms in total. The van der Waals surface area contributed by atoms with Gasteiger partial charge < -0.3 is 5.11 Å². The van der Waals surface area contributed by atoms with Crippen molar-refractivity contribution in [2.75, 3.05) is 6.54 Å². The van der Waals surface area contributed by atoms with Crippen molar-refractivity contribution in [3.8, 4) is 0 Å². The number of aliphatic carboxylic acids is 1. The molecule has 1 fully saturated rings. The first kappa shape index (κ1) is 12.6. The van der Waals surface area contributed by atoms with Crippen LogP contribution in [0.3, 0.4) is 0 Å². The van der Waals surface area contributed by atoms with Crippen LogP contribution < -0.4 is 0 Å². The number of benzene rings is 1. The van der Waals surface area contributed by atoms with Gasteiger partial charge in [-0.15, -0.1) is 0 Å². The van der Waals surface area contributed by atoms with Crippen molar-refractivity contribution in [1.29, 1.82) is 0 Å². The zero-order valence-corrected chi connectivity index (χ0v) is 11.4. The van der Waals surface area contributed by atoms with Gasteiger partial charge in [0.05, 0.1) is 0 Å². The molecular weight excluding hydrogens is 282 g/mol. The summed E-state index contributed by atoms with van der Waals surface area (Å²) in [5, 5.41) is 9.20. The summed E-state index contributed by atoms with van der Waals surface area (Å²) in [6, 6.07) is 7.80. The highest BCUT2D eigenvalue weighted by Crippen LogP contribution is 2.32. The number of likely N-dealkylation sites (tertiary alicyclic amines) is 1. The van der Waals surface area contributed by atoms with E-state index in [2.05, 4.69) is 27.8 Å². The number of carboxylic acids is 1. The Hall–Kier alpha value is -0.870. The molecule has 1 aliphatic rings. The lowest BCUT2D eigenvalue weighted by Gasteiger charge is -2.29. The molecule has 1 aromatic carbocycles. The third kappa shape index (κ3) is 2.53. The van der Waals surface area contributed by atoms with Crippen molar-refractivity contribution in [3.05, 3.63) is 34.3 Å². The Balaban J connectivity index is 2.23. The third-order valence-corrected chi connectivity index (χ3v) is 4.15. The fraction of sp³-hybridized carbons (Fsp3) is 0.462. The maximum absolute atomic E-state index is 11.2. The number of halogens is 1. The Morgan fingerprint density at radius 3 is 2.88 bits per heavy atom. The topological polar surface area (TPSA) is 40.5 Å². The summed E-state index contributed by atoms with van der Waals surface area (Å²) in [4.78, 5) is 13.3. The van der Waals surface area contributed by atoms with Crippen LogP contribution >= 0.6 is 15.9 Å². The minimum Gasteiger partial charge on any atom is -0.480 e. The van der Waals surface area contributed by atoms with E-state index in [4.69, 9.17) is 0 Å².